The van der Waals surface area contributed by atoms with E-state index in [0.29, 0.717) is 0 Å². The number of aliphatic hydroxyl groups excluding tert-OH is 1. The molecule has 0 amide bonds. The molecule has 0 aliphatic rings. The molecule has 16 heavy (non-hydrogen) atoms. The van der Waals surface area contributed by atoms with Crippen molar-refractivity contribution in [2.24, 2.45) is 11.7 Å². The van der Waals surface area contributed by atoms with Gasteiger partial charge in [0.25, 0.3) is 0 Å². The van der Waals surface area contributed by atoms with Gasteiger partial charge in [-0.3, -0.25) is 0 Å². The minimum atomic E-state index is -0.902. The Morgan fingerprint density at radius 2 is 1.81 bits per heavy atom. The molecule has 0 aliphatic carbocycles. The van der Waals surface area contributed by atoms with Crippen LogP contribution in [-0.4, -0.2) is 11.2 Å². The smallest absolute Gasteiger partial charge is 0.128 e. The summed E-state index contributed by atoms with van der Waals surface area (Å²) in [6.07, 6.45) is -0.888. The fraction of sp³-hybridized carbons (Fsp3) is 0.455. The summed E-state index contributed by atoms with van der Waals surface area (Å²) >= 11 is 0. The van der Waals surface area contributed by atoms with Crippen molar-refractivity contribution in [2.75, 3.05) is 0 Å². The predicted octanol–water partition coefficient (Wildman–Crippen LogP) is 2.40. The second-order valence-electron chi connectivity index (χ2n) is 3.93. The molecular weight excluding hydrogens is 236 g/mol. The minimum Gasteiger partial charge on any atom is -0.391 e. The number of hydrogen-bond donors (Lipinski definition) is 2. The van der Waals surface area contributed by atoms with Gasteiger partial charge in [-0.15, -0.1) is 12.4 Å². The second kappa shape index (κ2) is 6.13. The third-order valence-electron chi connectivity index (χ3n) is 2.37. The van der Waals surface area contributed by atoms with Crippen molar-refractivity contribution in [3.63, 3.8) is 0 Å². The Morgan fingerprint density at radius 3 is 2.31 bits per heavy atom. The van der Waals surface area contributed by atoms with Crippen LogP contribution in [0.15, 0.2) is 18.2 Å². The van der Waals surface area contributed by atoms with Gasteiger partial charge >= 0.3 is 0 Å². The molecule has 0 spiro atoms. The Hall–Kier alpha value is -0.710. The van der Waals surface area contributed by atoms with Gasteiger partial charge in [0.15, 0.2) is 0 Å². The maximum absolute atomic E-state index is 13.3. The highest BCUT2D eigenvalue weighted by atomic mass is 35.5. The largest absolute Gasteiger partial charge is 0.391 e. The molecule has 0 radical (unpaired) electrons. The Labute approximate surface area is 99.9 Å². The number of rotatable bonds is 3. The molecule has 0 aromatic heterocycles. The molecular formula is C11H16ClF2NO. The van der Waals surface area contributed by atoms with Crippen LogP contribution in [-0.2, 0) is 0 Å². The van der Waals surface area contributed by atoms with Crippen molar-refractivity contribution in [2.45, 2.75) is 26.0 Å². The van der Waals surface area contributed by atoms with E-state index >= 15 is 0 Å². The van der Waals surface area contributed by atoms with Crippen molar-refractivity contribution < 1.29 is 13.9 Å². The van der Waals surface area contributed by atoms with E-state index in [1.807, 2.05) is 0 Å². The molecule has 0 bridgehead atoms. The molecule has 0 aliphatic heterocycles. The fourth-order valence-electron chi connectivity index (χ4n) is 1.37. The van der Waals surface area contributed by atoms with Crippen LogP contribution < -0.4 is 5.73 Å². The Balaban J connectivity index is 0.00000225. The molecule has 1 rings (SSSR count). The van der Waals surface area contributed by atoms with E-state index in [4.69, 9.17) is 5.73 Å². The van der Waals surface area contributed by atoms with Gasteiger partial charge in [-0.25, -0.2) is 8.78 Å². The van der Waals surface area contributed by atoms with Crippen LogP contribution in [0.3, 0.4) is 0 Å². The first-order chi connectivity index (χ1) is 6.93. The molecule has 2 nitrogen and oxygen atoms in total. The summed E-state index contributed by atoms with van der Waals surface area (Å²) in [5.74, 6) is -1.26. The van der Waals surface area contributed by atoms with Gasteiger partial charge < -0.3 is 10.8 Å². The molecule has 1 aromatic carbocycles. The topological polar surface area (TPSA) is 46.2 Å². The van der Waals surface area contributed by atoms with Crippen molar-refractivity contribution in [3.8, 4) is 0 Å². The zero-order chi connectivity index (χ0) is 11.6. The lowest BCUT2D eigenvalue weighted by molar-refractivity contribution is 0.0965. The first kappa shape index (κ1) is 15.3. The molecule has 2 atom stereocenters. The third kappa shape index (κ3) is 3.40. The van der Waals surface area contributed by atoms with Gasteiger partial charge in [0.2, 0.25) is 0 Å². The lowest BCUT2D eigenvalue weighted by Gasteiger charge is -2.22. The van der Waals surface area contributed by atoms with Gasteiger partial charge in [-0.2, -0.15) is 0 Å². The summed E-state index contributed by atoms with van der Waals surface area (Å²) in [5, 5.41) is 9.65. The summed E-state index contributed by atoms with van der Waals surface area (Å²) in [4.78, 5) is 0. The normalized spacial score (nSPS) is 14.4. The summed E-state index contributed by atoms with van der Waals surface area (Å²) in [7, 11) is 0. The predicted molar refractivity (Wildman–Crippen MR) is 61.4 cm³/mol. The van der Waals surface area contributed by atoms with Gasteiger partial charge in [-0.1, -0.05) is 13.8 Å². The highest BCUT2D eigenvalue weighted by molar-refractivity contribution is 5.85. The van der Waals surface area contributed by atoms with Gasteiger partial charge in [-0.05, 0) is 24.1 Å². The zero-order valence-corrected chi connectivity index (χ0v) is 9.97. The average Bonchev–Trinajstić information content (AvgIpc) is 2.19. The van der Waals surface area contributed by atoms with E-state index in [0.717, 1.165) is 18.2 Å². The number of benzene rings is 1. The Morgan fingerprint density at radius 1 is 1.25 bits per heavy atom. The molecule has 92 valence electrons. The second-order valence-corrected chi connectivity index (χ2v) is 3.93. The van der Waals surface area contributed by atoms with Crippen LogP contribution in [0.5, 0.6) is 0 Å². The summed E-state index contributed by atoms with van der Waals surface area (Å²) in [6, 6.07) is 2.15. The monoisotopic (exact) mass is 251 g/mol. The molecule has 5 heteroatoms. The van der Waals surface area contributed by atoms with E-state index in [2.05, 4.69) is 0 Å². The molecule has 0 unspecified atom stereocenters. The van der Waals surface area contributed by atoms with Crippen LogP contribution in [0.2, 0.25) is 0 Å². The van der Waals surface area contributed by atoms with Crippen LogP contribution in [0, 0.1) is 17.6 Å². The SMILES string of the molecule is CC(C)[C@H](O)[C@H](N)c1cc(F)ccc1F.Cl. The lowest BCUT2D eigenvalue weighted by atomic mass is 9.94. The van der Waals surface area contributed by atoms with Crippen LogP contribution in [0.1, 0.15) is 25.5 Å². The van der Waals surface area contributed by atoms with Gasteiger partial charge in [0, 0.05) is 5.56 Å². The Bertz CT molecular complexity index is 347. The van der Waals surface area contributed by atoms with Crippen molar-refractivity contribution in [1.29, 1.82) is 0 Å². The van der Waals surface area contributed by atoms with Gasteiger partial charge in [0.1, 0.15) is 11.6 Å². The van der Waals surface area contributed by atoms with Crippen LogP contribution >= 0.6 is 12.4 Å². The average molecular weight is 252 g/mol. The zero-order valence-electron chi connectivity index (χ0n) is 9.15. The van der Waals surface area contributed by atoms with Crippen molar-refractivity contribution in [3.05, 3.63) is 35.4 Å². The quantitative estimate of drug-likeness (QED) is 0.867. The minimum absolute atomic E-state index is 0. The lowest BCUT2D eigenvalue weighted by Crippen LogP contribution is -2.31. The first-order valence-corrected chi connectivity index (χ1v) is 4.82. The molecule has 0 fully saturated rings. The summed E-state index contributed by atoms with van der Waals surface area (Å²) in [6.45, 7) is 3.53. The third-order valence-corrected chi connectivity index (χ3v) is 2.37. The van der Waals surface area contributed by atoms with E-state index in [1.165, 1.54) is 0 Å². The molecule has 3 N–H and O–H groups in total. The number of nitrogens with two attached hydrogens (primary N) is 1. The maximum Gasteiger partial charge on any atom is 0.128 e. The van der Waals surface area contributed by atoms with E-state index in [9.17, 15) is 13.9 Å². The summed E-state index contributed by atoms with van der Waals surface area (Å²) in [5.41, 5.74) is 5.66. The number of halogens is 3. The number of hydrogen-bond acceptors (Lipinski definition) is 2. The fourth-order valence-corrected chi connectivity index (χ4v) is 1.37. The van der Waals surface area contributed by atoms with E-state index in [-0.39, 0.29) is 23.9 Å². The molecule has 0 heterocycles. The van der Waals surface area contributed by atoms with Gasteiger partial charge in [0.05, 0.1) is 12.1 Å². The Kier molecular flexibility index (Phi) is 5.86. The highest BCUT2D eigenvalue weighted by Gasteiger charge is 2.23. The maximum atomic E-state index is 13.3. The van der Waals surface area contributed by atoms with E-state index < -0.39 is 23.8 Å². The molecule has 0 saturated carbocycles. The first-order valence-electron chi connectivity index (χ1n) is 4.82. The van der Waals surface area contributed by atoms with Crippen LogP contribution in [0.25, 0.3) is 0 Å². The highest BCUT2D eigenvalue weighted by Crippen LogP contribution is 2.22. The van der Waals surface area contributed by atoms with Crippen LogP contribution in [0.4, 0.5) is 8.78 Å². The van der Waals surface area contributed by atoms with Crippen molar-refractivity contribution >= 4 is 12.4 Å². The number of aliphatic hydroxyl groups is 1. The van der Waals surface area contributed by atoms with Crippen molar-refractivity contribution in [1.82, 2.24) is 0 Å². The molecule has 0 saturated heterocycles. The summed E-state index contributed by atoms with van der Waals surface area (Å²) < 4.78 is 26.2. The van der Waals surface area contributed by atoms with E-state index in [1.54, 1.807) is 13.8 Å². The standard InChI is InChI=1S/C11H15F2NO.ClH/c1-6(2)11(15)10(14)8-5-7(12)3-4-9(8)13;/h3-6,10-11,15H,14H2,1-2H3;1H/t10-,11+;/m1./s1. The molecule has 1 aromatic rings.